The van der Waals surface area contributed by atoms with E-state index in [1.165, 1.54) is 0 Å². The molecule has 12 heavy (non-hydrogen) atoms. The van der Waals surface area contributed by atoms with Crippen LogP contribution in [0.1, 0.15) is 32.0 Å². The topological polar surface area (TPSA) is 38.0 Å². The van der Waals surface area contributed by atoms with Crippen LogP contribution in [-0.2, 0) is 12.1 Å². The molecule has 0 radical (unpaired) electrons. The van der Waals surface area contributed by atoms with Crippen molar-refractivity contribution in [2.75, 3.05) is 0 Å². The van der Waals surface area contributed by atoms with Gasteiger partial charge in [0.05, 0.1) is 17.8 Å². The van der Waals surface area contributed by atoms with E-state index in [2.05, 4.69) is 25.9 Å². The van der Waals surface area contributed by atoms with E-state index in [1.807, 2.05) is 17.8 Å². The van der Waals surface area contributed by atoms with E-state index in [9.17, 15) is 0 Å². The molecule has 68 valence electrons. The highest BCUT2D eigenvalue weighted by molar-refractivity contribution is 5.14. The third-order valence-electron chi connectivity index (χ3n) is 1.86. The molecule has 1 rings (SSSR count). The number of aliphatic hydroxyl groups is 1. The first-order chi connectivity index (χ1) is 5.45. The van der Waals surface area contributed by atoms with Gasteiger partial charge in [0.2, 0.25) is 0 Å². The minimum atomic E-state index is -0.00181. The summed E-state index contributed by atoms with van der Waals surface area (Å²) in [6.45, 7) is 8.23. The van der Waals surface area contributed by atoms with Crippen LogP contribution in [0.15, 0.2) is 6.20 Å². The summed E-state index contributed by atoms with van der Waals surface area (Å²) in [6, 6.07) is 0. The Hall–Kier alpha value is -0.830. The predicted molar refractivity (Wildman–Crippen MR) is 47.9 cm³/mol. The summed E-state index contributed by atoms with van der Waals surface area (Å²) in [4.78, 5) is 0. The molecule has 0 atom stereocenters. The van der Waals surface area contributed by atoms with Crippen molar-refractivity contribution in [3.05, 3.63) is 17.5 Å². The Labute approximate surface area is 73.0 Å². The lowest BCUT2D eigenvalue weighted by molar-refractivity contribution is 0.280. The molecule has 0 amide bonds. The van der Waals surface area contributed by atoms with Gasteiger partial charge in [-0.15, -0.1) is 0 Å². The Balaban J connectivity index is 3.05. The first-order valence-corrected chi connectivity index (χ1v) is 4.11. The Morgan fingerprint density at radius 1 is 1.50 bits per heavy atom. The standard InChI is InChI=1S/C9H16N2O/c1-7-8(6-12)5-11(10-7)9(2,3)4/h5,12H,6H2,1-4H3. The monoisotopic (exact) mass is 168 g/mol. The highest BCUT2D eigenvalue weighted by Crippen LogP contribution is 2.15. The van der Waals surface area contributed by atoms with Crippen LogP contribution in [0.5, 0.6) is 0 Å². The number of rotatable bonds is 1. The number of nitrogens with zero attached hydrogens (tertiary/aromatic N) is 2. The van der Waals surface area contributed by atoms with Crippen LogP contribution < -0.4 is 0 Å². The third kappa shape index (κ3) is 1.67. The van der Waals surface area contributed by atoms with Crippen LogP contribution in [-0.4, -0.2) is 14.9 Å². The van der Waals surface area contributed by atoms with Gasteiger partial charge in [0.15, 0.2) is 0 Å². The molecular weight excluding hydrogens is 152 g/mol. The summed E-state index contributed by atoms with van der Waals surface area (Å²) >= 11 is 0. The van der Waals surface area contributed by atoms with Gasteiger partial charge in [-0.25, -0.2) is 0 Å². The van der Waals surface area contributed by atoms with Crippen molar-refractivity contribution in [3.8, 4) is 0 Å². The zero-order valence-corrected chi connectivity index (χ0v) is 8.13. The van der Waals surface area contributed by atoms with Crippen LogP contribution in [0.3, 0.4) is 0 Å². The molecule has 0 bridgehead atoms. The van der Waals surface area contributed by atoms with E-state index in [-0.39, 0.29) is 12.1 Å². The van der Waals surface area contributed by atoms with Gasteiger partial charge in [-0.3, -0.25) is 4.68 Å². The summed E-state index contributed by atoms with van der Waals surface area (Å²) in [6.07, 6.45) is 1.90. The minimum absolute atomic E-state index is 0.00181. The van der Waals surface area contributed by atoms with Gasteiger partial charge in [-0.1, -0.05) is 0 Å². The molecule has 3 heteroatoms. The van der Waals surface area contributed by atoms with Crippen molar-refractivity contribution in [3.63, 3.8) is 0 Å². The van der Waals surface area contributed by atoms with E-state index >= 15 is 0 Å². The molecule has 0 saturated heterocycles. The minimum Gasteiger partial charge on any atom is -0.392 e. The second-order valence-corrected chi connectivity index (χ2v) is 4.01. The van der Waals surface area contributed by atoms with Crippen LogP contribution in [0, 0.1) is 6.92 Å². The Kier molecular flexibility index (Phi) is 2.24. The zero-order chi connectivity index (χ0) is 9.35. The Morgan fingerprint density at radius 2 is 2.08 bits per heavy atom. The smallest absolute Gasteiger partial charge is 0.0715 e. The normalized spacial score (nSPS) is 12.1. The molecule has 0 aliphatic heterocycles. The number of aryl methyl sites for hydroxylation is 1. The highest BCUT2D eigenvalue weighted by atomic mass is 16.3. The first-order valence-electron chi connectivity index (χ1n) is 4.11. The molecule has 1 heterocycles. The maximum Gasteiger partial charge on any atom is 0.0715 e. The molecule has 0 aromatic carbocycles. The van der Waals surface area contributed by atoms with E-state index in [0.717, 1.165) is 11.3 Å². The van der Waals surface area contributed by atoms with Gasteiger partial charge in [0.25, 0.3) is 0 Å². The SMILES string of the molecule is Cc1nn(C(C)(C)C)cc1CO. The van der Waals surface area contributed by atoms with Gasteiger partial charge >= 0.3 is 0 Å². The van der Waals surface area contributed by atoms with Crippen molar-refractivity contribution >= 4 is 0 Å². The Bertz CT molecular complexity index is 271. The van der Waals surface area contributed by atoms with Crippen molar-refractivity contribution in [1.29, 1.82) is 0 Å². The van der Waals surface area contributed by atoms with Crippen molar-refractivity contribution in [1.82, 2.24) is 9.78 Å². The van der Waals surface area contributed by atoms with Crippen LogP contribution in [0.25, 0.3) is 0 Å². The summed E-state index contributed by atoms with van der Waals surface area (Å²) in [5.74, 6) is 0. The zero-order valence-electron chi connectivity index (χ0n) is 8.13. The van der Waals surface area contributed by atoms with Crippen molar-refractivity contribution < 1.29 is 5.11 Å². The summed E-state index contributed by atoms with van der Waals surface area (Å²) in [5, 5.41) is 13.3. The molecular formula is C9H16N2O. The van der Waals surface area contributed by atoms with Gasteiger partial charge in [-0.05, 0) is 27.7 Å². The maximum atomic E-state index is 8.94. The largest absolute Gasteiger partial charge is 0.392 e. The molecule has 3 nitrogen and oxygen atoms in total. The van der Waals surface area contributed by atoms with Crippen LogP contribution in [0.2, 0.25) is 0 Å². The average Bonchev–Trinajstić information content (AvgIpc) is 2.29. The number of hydrogen-bond acceptors (Lipinski definition) is 2. The number of aromatic nitrogens is 2. The second-order valence-electron chi connectivity index (χ2n) is 4.01. The fraction of sp³-hybridized carbons (Fsp3) is 0.667. The van der Waals surface area contributed by atoms with E-state index < -0.39 is 0 Å². The van der Waals surface area contributed by atoms with E-state index in [0.29, 0.717) is 0 Å². The van der Waals surface area contributed by atoms with Crippen molar-refractivity contribution in [2.24, 2.45) is 0 Å². The molecule has 0 spiro atoms. The third-order valence-corrected chi connectivity index (χ3v) is 1.86. The predicted octanol–water partition coefficient (Wildman–Crippen LogP) is 1.44. The summed E-state index contributed by atoms with van der Waals surface area (Å²) in [5.41, 5.74) is 1.82. The molecule has 0 aliphatic rings. The molecule has 1 N–H and O–H groups in total. The van der Waals surface area contributed by atoms with Crippen LogP contribution >= 0.6 is 0 Å². The number of hydrogen-bond donors (Lipinski definition) is 1. The lowest BCUT2D eigenvalue weighted by Crippen LogP contribution is -2.22. The average molecular weight is 168 g/mol. The molecule has 0 saturated carbocycles. The molecule has 0 unspecified atom stereocenters. The number of aliphatic hydroxyl groups excluding tert-OH is 1. The molecule has 0 fully saturated rings. The first kappa shape index (κ1) is 9.26. The highest BCUT2D eigenvalue weighted by Gasteiger charge is 2.15. The summed E-state index contributed by atoms with van der Waals surface area (Å²) in [7, 11) is 0. The van der Waals surface area contributed by atoms with Crippen LogP contribution in [0.4, 0.5) is 0 Å². The lowest BCUT2D eigenvalue weighted by atomic mass is 10.1. The molecule has 1 aromatic rings. The summed E-state index contributed by atoms with van der Waals surface area (Å²) < 4.78 is 1.88. The lowest BCUT2D eigenvalue weighted by Gasteiger charge is -2.18. The Morgan fingerprint density at radius 3 is 2.33 bits per heavy atom. The molecule has 1 aromatic heterocycles. The second kappa shape index (κ2) is 2.90. The van der Waals surface area contributed by atoms with E-state index in [1.54, 1.807) is 0 Å². The van der Waals surface area contributed by atoms with Crippen molar-refractivity contribution in [2.45, 2.75) is 39.8 Å². The van der Waals surface area contributed by atoms with Gasteiger partial charge < -0.3 is 5.11 Å². The molecule has 0 aliphatic carbocycles. The fourth-order valence-electron chi connectivity index (χ4n) is 0.995. The van der Waals surface area contributed by atoms with E-state index in [4.69, 9.17) is 5.11 Å². The van der Waals surface area contributed by atoms with Gasteiger partial charge in [-0.2, -0.15) is 5.10 Å². The fourth-order valence-corrected chi connectivity index (χ4v) is 0.995. The maximum absolute atomic E-state index is 8.94. The quantitative estimate of drug-likeness (QED) is 0.689. The van der Waals surface area contributed by atoms with Gasteiger partial charge in [0, 0.05) is 11.8 Å². The van der Waals surface area contributed by atoms with Gasteiger partial charge in [0.1, 0.15) is 0 Å².